The lowest BCUT2D eigenvalue weighted by Crippen LogP contribution is -2.61. The monoisotopic (exact) mass is 479 g/mol. The van der Waals surface area contributed by atoms with Crippen LogP contribution < -0.4 is 10.6 Å². The van der Waals surface area contributed by atoms with E-state index in [1.54, 1.807) is 18.7 Å². The number of amides is 3. The van der Waals surface area contributed by atoms with Crippen LogP contribution in [0.1, 0.15) is 67.7 Å². The zero-order valence-electron chi connectivity index (χ0n) is 21.4. The molecular weight excluding hydrogens is 438 g/mol. The van der Waals surface area contributed by atoms with E-state index in [1.165, 1.54) is 0 Å². The fourth-order valence-electron chi connectivity index (χ4n) is 5.36. The minimum Gasteiger partial charge on any atom is -0.479 e. The van der Waals surface area contributed by atoms with Crippen LogP contribution in [0.3, 0.4) is 0 Å². The Morgan fingerprint density at radius 2 is 1.68 bits per heavy atom. The molecule has 3 amide bonds. The molecule has 0 spiro atoms. The highest BCUT2D eigenvalue weighted by molar-refractivity contribution is 5.94. The molecule has 0 aromatic heterocycles. The number of hydrogen-bond acceptors (Lipinski definition) is 5. The van der Waals surface area contributed by atoms with Gasteiger partial charge in [0.05, 0.1) is 6.04 Å². The molecular formula is C25H41N3O6. The number of aliphatic carboxylic acids is 1. The van der Waals surface area contributed by atoms with Gasteiger partial charge in [-0.2, -0.15) is 0 Å². The minimum absolute atomic E-state index is 0.0542. The third-order valence-corrected chi connectivity index (χ3v) is 7.93. The van der Waals surface area contributed by atoms with Gasteiger partial charge in [-0.1, -0.05) is 61.3 Å². The molecule has 3 fully saturated rings. The molecule has 3 aliphatic rings. The molecule has 2 unspecified atom stereocenters. The number of carboxylic acids is 1. The Morgan fingerprint density at radius 3 is 2.15 bits per heavy atom. The molecule has 1 aliphatic heterocycles. The molecule has 1 saturated heterocycles. The average molecular weight is 480 g/mol. The standard InChI is InChI=1S/C25H41N3O6/c1-12(2)20(30)27-19(24(3,4)5)22(32)28-11-14-16(25(14,6)7)17(28)21(31)26-15(10-13-8-9-13)18(29)23(33)34/h12-19,29H,8-11H2,1-7H3,(H,26,31)(H,27,30)(H,33,34)/t14-,15?,16-,17-,18?,19+/m0/s1. The smallest absolute Gasteiger partial charge is 0.334 e. The maximum absolute atomic E-state index is 13.7. The lowest BCUT2D eigenvalue weighted by atomic mass is 9.84. The molecule has 0 aromatic rings. The van der Waals surface area contributed by atoms with Crippen molar-refractivity contribution in [1.82, 2.24) is 15.5 Å². The van der Waals surface area contributed by atoms with E-state index in [0.29, 0.717) is 18.9 Å². The molecule has 2 saturated carbocycles. The van der Waals surface area contributed by atoms with Crippen LogP contribution in [-0.2, 0) is 19.2 Å². The van der Waals surface area contributed by atoms with E-state index in [2.05, 4.69) is 24.5 Å². The number of carboxylic acid groups (broad SMARTS) is 1. The normalized spacial score (nSPS) is 28.0. The Labute approximate surface area is 202 Å². The molecule has 34 heavy (non-hydrogen) atoms. The van der Waals surface area contributed by atoms with Crippen molar-refractivity contribution in [3.63, 3.8) is 0 Å². The summed E-state index contributed by atoms with van der Waals surface area (Å²) in [4.78, 5) is 52.7. The first kappa shape index (κ1) is 26.4. The molecule has 9 nitrogen and oxygen atoms in total. The number of aliphatic hydroxyl groups excluding tert-OH is 1. The van der Waals surface area contributed by atoms with Crippen LogP contribution >= 0.6 is 0 Å². The summed E-state index contributed by atoms with van der Waals surface area (Å²) in [6.07, 6.45) is 0.596. The van der Waals surface area contributed by atoms with E-state index >= 15 is 0 Å². The zero-order chi connectivity index (χ0) is 25.7. The third kappa shape index (κ3) is 5.24. The maximum Gasteiger partial charge on any atom is 0.334 e. The molecule has 4 N–H and O–H groups in total. The van der Waals surface area contributed by atoms with Crippen molar-refractivity contribution in [2.75, 3.05) is 6.54 Å². The Hall–Kier alpha value is -2.16. The number of fused-ring (bicyclic) bond motifs is 1. The highest BCUT2D eigenvalue weighted by Gasteiger charge is 2.69. The summed E-state index contributed by atoms with van der Waals surface area (Å²) in [7, 11) is 0. The molecule has 6 atom stereocenters. The van der Waals surface area contributed by atoms with E-state index in [1.807, 2.05) is 20.8 Å². The second-order valence-corrected chi connectivity index (χ2v) is 12.4. The fraction of sp³-hybridized carbons (Fsp3) is 0.840. The van der Waals surface area contributed by atoms with Crippen molar-refractivity contribution in [3.8, 4) is 0 Å². The lowest BCUT2D eigenvalue weighted by Gasteiger charge is -2.38. The molecule has 0 bridgehead atoms. The maximum atomic E-state index is 13.7. The Balaban J connectivity index is 1.84. The van der Waals surface area contributed by atoms with Gasteiger partial charge >= 0.3 is 5.97 Å². The van der Waals surface area contributed by atoms with E-state index in [9.17, 15) is 29.4 Å². The van der Waals surface area contributed by atoms with Gasteiger partial charge in [-0.15, -0.1) is 0 Å². The van der Waals surface area contributed by atoms with Crippen LogP contribution in [-0.4, -0.2) is 69.6 Å². The first-order valence-electron chi connectivity index (χ1n) is 12.4. The van der Waals surface area contributed by atoms with Crippen molar-refractivity contribution < 1.29 is 29.4 Å². The van der Waals surface area contributed by atoms with Crippen molar-refractivity contribution in [1.29, 1.82) is 0 Å². The number of likely N-dealkylation sites (tertiary alicyclic amines) is 1. The van der Waals surface area contributed by atoms with Crippen molar-refractivity contribution in [3.05, 3.63) is 0 Å². The largest absolute Gasteiger partial charge is 0.479 e. The molecule has 2 aliphatic carbocycles. The van der Waals surface area contributed by atoms with Gasteiger partial charge in [0.2, 0.25) is 17.7 Å². The van der Waals surface area contributed by atoms with Crippen LogP contribution in [0, 0.1) is 34.5 Å². The molecule has 3 rings (SSSR count). The Morgan fingerprint density at radius 1 is 1.09 bits per heavy atom. The molecule has 0 radical (unpaired) electrons. The number of rotatable bonds is 9. The second-order valence-electron chi connectivity index (χ2n) is 12.4. The van der Waals surface area contributed by atoms with Gasteiger partial charge in [0.15, 0.2) is 6.10 Å². The van der Waals surface area contributed by atoms with Gasteiger partial charge in [0.1, 0.15) is 12.1 Å². The SMILES string of the molecule is CC(C)C(=O)N[C@H](C(=O)N1C[C@H]2[C@@H]([C@H]1C(=O)NC(CC1CC1)C(O)C(=O)O)C2(C)C)C(C)(C)C. The van der Waals surface area contributed by atoms with E-state index in [-0.39, 0.29) is 35.0 Å². The van der Waals surface area contributed by atoms with Gasteiger partial charge in [0, 0.05) is 12.5 Å². The molecule has 9 heteroatoms. The number of carbonyl (C=O) groups is 4. The van der Waals surface area contributed by atoms with E-state index in [0.717, 1.165) is 12.8 Å². The van der Waals surface area contributed by atoms with Crippen molar-refractivity contribution >= 4 is 23.7 Å². The zero-order valence-corrected chi connectivity index (χ0v) is 21.4. The summed E-state index contributed by atoms with van der Waals surface area (Å²) in [5, 5.41) is 25.2. The number of aliphatic hydroxyl groups is 1. The summed E-state index contributed by atoms with van der Waals surface area (Å²) in [5.41, 5.74) is -0.687. The minimum atomic E-state index is -1.70. The van der Waals surface area contributed by atoms with Crippen LogP contribution in [0.15, 0.2) is 0 Å². The summed E-state index contributed by atoms with van der Waals surface area (Å²) in [6.45, 7) is 13.7. The molecule has 0 aromatic carbocycles. The van der Waals surface area contributed by atoms with Crippen molar-refractivity contribution in [2.24, 2.45) is 34.5 Å². The highest BCUT2D eigenvalue weighted by atomic mass is 16.4. The second kappa shape index (κ2) is 9.13. The summed E-state index contributed by atoms with van der Waals surface area (Å²) < 4.78 is 0. The number of piperidine rings is 1. The van der Waals surface area contributed by atoms with Gasteiger partial charge in [-0.3, -0.25) is 14.4 Å². The first-order valence-corrected chi connectivity index (χ1v) is 12.4. The lowest BCUT2D eigenvalue weighted by molar-refractivity contribution is -0.150. The number of nitrogens with zero attached hydrogens (tertiary/aromatic N) is 1. The quantitative estimate of drug-likeness (QED) is 0.395. The summed E-state index contributed by atoms with van der Waals surface area (Å²) in [6, 6.07) is -2.48. The number of nitrogens with one attached hydrogen (secondary N) is 2. The van der Waals surface area contributed by atoms with E-state index in [4.69, 9.17) is 0 Å². The van der Waals surface area contributed by atoms with Crippen LogP contribution in [0.2, 0.25) is 0 Å². The fourth-order valence-corrected chi connectivity index (χ4v) is 5.36. The number of carbonyl (C=O) groups excluding carboxylic acids is 3. The van der Waals surface area contributed by atoms with Gasteiger partial charge in [-0.25, -0.2) is 4.79 Å². The van der Waals surface area contributed by atoms with Crippen LogP contribution in [0.5, 0.6) is 0 Å². The van der Waals surface area contributed by atoms with Crippen LogP contribution in [0.25, 0.3) is 0 Å². The number of hydrogen-bond donors (Lipinski definition) is 4. The summed E-state index contributed by atoms with van der Waals surface area (Å²) in [5.74, 6) is -2.23. The predicted molar refractivity (Wildman–Crippen MR) is 125 cm³/mol. The first-order chi connectivity index (χ1) is 15.6. The van der Waals surface area contributed by atoms with Crippen LogP contribution in [0.4, 0.5) is 0 Å². The Bertz CT molecular complexity index is 844. The van der Waals surface area contributed by atoms with Gasteiger partial charge < -0.3 is 25.7 Å². The molecule has 1 heterocycles. The van der Waals surface area contributed by atoms with Gasteiger partial charge in [-0.05, 0) is 35.0 Å². The van der Waals surface area contributed by atoms with Gasteiger partial charge in [0.25, 0.3) is 0 Å². The Kier molecular flexibility index (Phi) is 7.10. The highest BCUT2D eigenvalue weighted by Crippen LogP contribution is 2.65. The van der Waals surface area contributed by atoms with E-state index < -0.39 is 41.5 Å². The molecule has 192 valence electrons. The topological polar surface area (TPSA) is 136 Å². The third-order valence-electron chi connectivity index (χ3n) is 7.93. The summed E-state index contributed by atoms with van der Waals surface area (Å²) >= 11 is 0. The predicted octanol–water partition coefficient (Wildman–Crippen LogP) is 1.39. The van der Waals surface area contributed by atoms with Crippen molar-refractivity contribution in [2.45, 2.75) is 92.0 Å². The average Bonchev–Trinajstić information content (AvgIpc) is 3.56.